The van der Waals surface area contributed by atoms with Crippen LogP contribution < -0.4 is 0 Å². The Morgan fingerprint density at radius 1 is 1.00 bits per heavy atom. The van der Waals surface area contributed by atoms with Crippen LogP contribution in [0.2, 0.25) is 0 Å². The molecule has 6 nitrogen and oxygen atoms in total. The van der Waals surface area contributed by atoms with E-state index in [1.54, 1.807) is 5.57 Å². The maximum atomic E-state index is 15.9. The van der Waals surface area contributed by atoms with Gasteiger partial charge >= 0.3 is 17.9 Å². The number of hydrogen-bond acceptors (Lipinski definition) is 7. The minimum atomic E-state index is -1.16. The van der Waals surface area contributed by atoms with Crippen LogP contribution in [-0.4, -0.2) is 52.4 Å². The van der Waals surface area contributed by atoms with Crippen molar-refractivity contribution in [3.8, 4) is 0 Å². The van der Waals surface area contributed by atoms with E-state index < -0.39 is 35.2 Å². The smallest absolute Gasteiger partial charge is 0.307 e. The summed E-state index contributed by atoms with van der Waals surface area (Å²) in [5, 5.41) is 8.74. The number of carboxylic acid groups (broad SMARTS) is 1. The SMILES string of the molecule is CC(=O)OC1C(F)C[C@]2(C)C3=C(CC[C@H]2C1(C)C)[C@]1(C)CC[C@H]([C@H](C)CCCC(C)(C)OC(=O)CCSSCCC(=O)O)[C@@]1(C)CC3. The lowest BCUT2D eigenvalue weighted by Gasteiger charge is -2.62. The second kappa shape index (κ2) is 14.6. The number of rotatable bonds is 14. The number of fused-ring (bicyclic) bond motifs is 4. The van der Waals surface area contributed by atoms with Gasteiger partial charge in [-0.3, -0.25) is 14.4 Å². The largest absolute Gasteiger partial charge is 0.481 e. The summed E-state index contributed by atoms with van der Waals surface area (Å²) in [7, 11) is 3.01. The number of aliphatic carboxylic acids is 1. The molecule has 0 aromatic heterocycles. The second-order valence-electron chi connectivity index (χ2n) is 17.1. The number of halogens is 1. The fourth-order valence-electron chi connectivity index (χ4n) is 10.9. The number of ether oxygens (including phenoxy) is 2. The lowest BCUT2D eigenvalue weighted by Crippen LogP contribution is -2.59. The topological polar surface area (TPSA) is 89.9 Å². The monoisotopic (exact) mass is 696 g/mol. The first kappa shape index (κ1) is 38.6. The highest BCUT2D eigenvalue weighted by molar-refractivity contribution is 8.76. The zero-order valence-corrected chi connectivity index (χ0v) is 32.1. The van der Waals surface area contributed by atoms with Crippen molar-refractivity contribution in [3.63, 3.8) is 0 Å². The van der Waals surface area contributed by atoms with Crippen LogP contribution in [0.25, 0.3) is 0 Å². The molecule has 0 aromatic carbocycles. The van der Waals surface area contributed by atoms with Gasteiger partial charge in [0.25, 0.3) is 0 Å². The Balaban J connectivity index is 1.36. The van der Waals surface area contributed by atoms with Gasteiger partial charge in [0.1, 0.15) is 17.9 Å². The van der Waals surface area contributed by atoms with Crippen molar-refractivity contribution in [1.82, 2.24) is 0 Å². The van der Waals surface area contributed by atoms with E-state index >= 15 is 4.39 Å². The fourth-order valence-corrected chi connectivity index (χ4v) is 12.9. The van der Waals surface area contributed by atoms with E-state index in [2.05, 4.69) is 41.5 Å². The van der Waals surface area contributed by atoms with Crippen LogP contribution in [0.15, 0.2) is 11.1 Å². The highest BCUT2D eigenvalue weighted by Gasteiger charge is 2.65. The van der Waals surface area contributed by atoms with Gasteiger partial charge in [0.05, 0.1) is 12.8 Å². The predicted octanol–water partition coefficient (Wildman–Crippen LogP) is 9.99. The van der Waals surface area contributed by atoms with Crippen LogP contribution in [0.5, 0.6) is 0 Å². The molecule has 0 bridgehead atoms. The van der Waals surface area contributed by atoms with Gasteiger partial charge < -0.3 is 14.6 Å². The highest BCUT2D eigenvalue weighted by Crippen LogP contribution is 2.72. The van der Waals surface area contributed by atoms with Gasteiger partial charge in [0.15, 0.2) is 0 Å². The fraction of sp³-hybridized carbons (Fsp3) is 0.868. The third-order valence-corrected chi connectivity index (χ3v) is 15.8. The summed E-state index contributed by atoms with van der Waals surface area (Å²) in [5.74, 6) is 1.25. The Hall–Kier alpha value is -1.22. The maximum absolute atomic E-state index is 15.9. The van der Waals surface area contributed by atoms with Gasteiger partial charge in [0, 0.05) is 23.8 Å². The van der Waals surface area contributed by atoms with Gasteiger partial charge in [-0.15, -0.1) is 0 Å². The average molecular weight is 697 g/mol. The summed E-state index contributed by atoms with van der Waals surface area (Å²) in [6.07, 6.45) is 8.67. The summed E-state index contributed by atoms with van der Waals surface area (Å²) in [5.41, 5.74) is 2.34. The molecule has 1 N–H and O–H groups in total. The van der Waals surface area contributed by atoms with E-state index in [-0.39, 0.29) is 34.6 Å². The molecule has 268 valence electrons. The number of carbonyl (C=O) groups is 3. The summed E-state index contributed by atoms with van der Waals surface area (Å²) in [6, 6.07) is 0. The van der Waals surface area contributed by atoms with Crippen molar-refractivity contribution in [2.75, 3.05) is 11.5 Å². The minimum absolute atomic E-state index is 0.120. The Morgan fingerprint density at radius 2 is 1.66 bits per heavy atom. The molecule has 0 amide bonds. The first-order valence-corrected chi connectivity index (χ1v) is 20.5. The average Bonchev–Trinajstić information content (AvgIpc) is 3.23. The lowest BCUT2D eigenvalue weighted by atomic mass is 9.43. The number of carboxylic acids is 1. The highest BCUT2D eigenvalue weighted by atomic mass is 33.1. The van der Waals surface area contributed by atoms with E-state index in [0.717, 1.165) is 44.9 Å². The summed E-state index contributed by atoms with van der Waals surface area (Å²) in [4.78, 5) is 35.0. The second-order valence-corrected chi connectivity index (χ2v) is 19.8. The van der Waals surface area contributed by atoms with E-state index in [0.29, 0.717) is 36.2 Å². The minimum Gasteiger partial charge on any atom is -0.481 e. The molecule has 0 aliphatic heterocycles. The van der Waals surface area contributed by atoms with Crippen molar-refractivity contribution in [3.05, 3.63) is 11.1 Å². The predicted molar refractivity (Wildman–Crippen MR) is 190 cm³/mol. The number of hydrogen-bond donors (Lipinski definition) is 1. The van der Waals surface area contributed by atoms with Crippen LogP contribution in [-0.2, 0) is 23.9 Å². The third-order valence-electron chi connectivity index (χ3n) is 13.4. The van der Waals surface area contributed by atoms with Crippen molar-refractivity contribution in [2.24, 2.45) is 39.4 Å². The molecule has 2 fully saturated rings. The van der Waals surface area contributed by atoms with Crippen LogP contribution in [0.1, 0.15) is 139 Å². The molecule has 0 spiro atoms. The molecule has 0 heterocycles. The standard InChI is InChI=1S/C38H61FO6S2/c1-24(11-10-18-34(3,4)45-32(43)17-22-47-46-21-16-31(41)42)26-14-19-38(9)28-12-13-30-35(5,6)33(44-25(2)40)29(39)23-36(30,7)27(28)15-20-37(26,38)8/h24,26,29-30,33H,10-23H2,1-9H3,(H,41,42)/t24-,26-,29?,30+,33?,36-,37-,38+/m1/s1. The molecule has 4 aliphatic carbocycles. The van der Waals surface area contributed by atoms with Crippen LogP contribution in [0.3, 0.4) is 0 Å². The Labute approximate surface area is 291 Å². The van der Waals surface area contributed by atoms with Crippen molar-refractivity contribution >= 4 is 39.5 Å². The van der Waals surface area contributed by atoms with Crippen LogP contribution >= 0.6 is 21.6 Å². The van der Waals surface area contributed by atoms with Gasteiger partial charge in [-0.1, -0.05) is 80.7 Å². The van der Waals surface area contributed by atoms with Gasteiger partial charge in [-0.25, -0.2) is 4.39 Å². The van der Waals surface area contributed by atoms with E-state index in [9.17, 15) is 14.4 Å². The van der Waals surface area contributed by atoms with Crippen molar-refractivity contribution < 1.29 is 33.4 Å². The van der Waals surface area contributed by atoms with Crippen molar-refractivity contribution in [1.29, 1.82) is 0 Å². The molecule has 47 heavy (non-hydrogen) atoms. The molecule has 2 unspecified atom stereocenters. The van der Waals surface area contributed by atoms with E-state index in [1.165, 1.54) is 46.9 Å². The summed E-state index contributed by atoms with van der Waals surface area (Å²) < 4.78 is 27.4. The normalized spacial score (nSPS) is 35.4. The Kier molecular flexibility index (Phi) is 12.0. The van der Waals surface area contributed by atoms with E-state index in [4.69, 9.17) is 14.6 Å². The molecular formula is C38H61FO6S2. The molecule has 0 radical (unpaired) electrons. The van der Waals surface area contributed by atoms with Crippen LogP contribution in [0.4, 0.5) is 4.39 Å². The van der Waals surface area contributed by atoms with Gasteiger partial charge in [-0.2, -0.15) is 0 Å². The number of carbonyl (C=O) groups excluding carboxylic acids is 2. The molecule has 4 aliphatic rings. The Bertz CT molecular complexity index is 1220. The van der Waals surface area contributed by atoms with Crippen molar-refractivity contribution in [2.45, 2.75) is 157 Å². The zero-order chi connectivity index (χ0) is 35.0. The maximum Gasteiger partial charge on any atom is 0.307 e. The Morgan fingerprint density at radius 3 is 2.30 bits per heavy atom. The zero-order valence-electron chi connectivity index (χ0n) is 30.5. The molecule has 2 saturated carbocycles. The van der Waals surface area contributed by atoms with E-state index in [1.807, 2.05) is 13.8 Å². The molecule has 0 aromatic rings. The molecule has 8 atom stereocenters. The molecular weight excluding hydrogens is 636 g/mol. The third kappa shape index (κ3) is 7.76. The number of alkyl halides is 1. The first-order chi connectivity index (χ1) is 21.8. The molecule has 0 saturated heterocycles. The summed E-state index contributed by atoms with van der Waals surface area (Å²) in [6.45, 7) is 19.5. The molecule has 9 heteroatoms. The quantitative estimate of drug-likeness (QED) is 0.0831. The van der Waals surface area contributed by atoms with Gasteiger partial charge in [-0.05, 0) is 106 Å². The number of esters is 2. The molecule has 4 rings (SSSR count). The summed E-state index contributed by atoms with van der Waals surface area (Å²) >= 11 is 0. The van der Waals surface area contributed by atoms with Gasteiger partial charge in [0.2, 0.25) is 0 Å². The number of allylic oxidation sites excluding steroid dienone is 2. The first-order valence-electron chi connectivity index (χ1n) is 18.0. The van der Waals surface area contributed by atoms with Crippen LogP contribution in [0, 0.1) is 39.4 Å². The lowest BCUT2D eigenvalue weighted by molar-refractivity contribution is -0.181.